The Hall–Kier alpha value is -3.03. The van der Waals surface area contributed by atoms with Gasteiger partial charge < -0.3 is 14.8 Å². The minimum absolute atomic E-state index is 0.164. The van der Waals surface area contributed by atoms with E-state index in [-0.39, 0.29) is 11.5 Å². The van der Waals surface area contributed by atoms with Crippen LogP contribution in [0.25, 0.3) is 5.78 Å². The van der Waals surface area contributed by atoms with Crippen molar-refractivity contribution in [3.05, 3.63) is 45.9 Å². The lowest BCUT2D eigenvalue weighted by Gasteiger charge is -2.09. The van der Waals surface area contributed by atoms with Crippen molar-refractivity contribution < 1.29 is 9.47 Å². The van der Waals surface area contributed by atoms with Crippen LogP contribution in [0, 0.1) is 0 Å². The molecule has 0 aliphatic heterocycles. The molecule has 0 aliphatic rings. The number of aromatic nitrogens is 4. The van der Waals surface area contributed by atoms with Crippen molar-refractivity contribution in [3.63, 3.8) is 0 Å². The highest BCUT2D eigenvalue weighted by atomic mass is 16.5. The van der Waals surface area contributed by atoms with Gasteiger partial charge in [-0.25, -0.2) is 4.98 Å². The van der Waals surface area contributed by atoms with Gasteiger partial charge in [-0.3, -0.25) is 9.89 Å². The number of hydrogen-bond acceptors (Lipinski definition) is 6. The van der Waals surface area contributed by atoms with Gasteiger partial charge in [-0.1, -0.05) is 19.9 Å². The average molecular weight is 343 g/mol. The highest BCUT2D eigenvalue weighted by Crippen LogP contribution is 2.27. The molecule has 0 amide bonds. The Labute approximate surface area is 144 Å². The summed E-state index contributed by atoms with van der Waals surface area (Å²) >= 11 is 0. The zero-order valence-electron chi connectivity index (χ0n) is 14.7. The molecule has 0 bridgehead atoms. The van der Waals surface area contributed by atoms with Crippen LogP contribution in [-0.4, -0.2) is 33.8 Å². The highest BCUT2D eigenvalue weighted by molar-refractivity contribution is 5.44. The second-order valence-corrected chi connectivity index (χ2v) is 5.92. The van der Waals surface area contributed by atoms with Crippen LogP contribution in [0.2, 0.25) is 0 Å². The van der Waals surface area contributed by atoms with Gasteiger partial charge in [0.05, 0.1) is 19.9 Å². The van der Waals surface area contributed by atoms with Crippen LogP contribution in [0.15, 0.2) is 29.1 Å². The van der Waals surface area contributed by atoms with Crippen LogP contribution in [-0.2, 0) is 6.54 Å². The third-order valence-electron chi connectivity index (χ3n) is 3.85. The Balaban J connectivity index is 1.82. The minimum atomic E-state index is -0.180. The summed E-state index contributed by atoms with van der Waals surface area (Å²) in [6, 6.07) is 7.18. The smallest absolute Gasteiger partial charge is 0.274 e. The first-order chi connectivity index (χ1) is 12.0. The van der Waals surface area contributed by atoms with Gasteiger partial charge in [0.25, 0.3) is 11.3 Å². The fourth-order valence-electron chi connectivity index (χ4n) is 2.45. The molecule has 0 saturated heterocycles. The molecule has 0 fully saturated rings. The maximum atomic E-state index is 12.1. The van der Waals surface area contributed by atoms with Crippen LogP contribution in [0.1, 0.15) is 31.0 Å². The molecule has 2 N–H and O–H groups in total. The fraction of sp³-hybridized carbons (Fsp3) is 0.353. The quantitative estimate of drug-likeness (QED) is 0.712. The number of nitrogens with one attached hydrogen (secondary N) is 2. The molecule has 8 nitrogen and oxygen atoms in total. The topological polar surface area (TPSA) is 93.5 Å². The highest BCUT2D eigenvalue weighted by Gasteiger charge is 2.10. The van der Waals surface area contributed by atoms with Gasteiger partial charge >= 0.3 is 0 Å². The van der Waals surface area contributed by atoms with E-state index in [0.717, 1.165) is 11.3 Å². The molecule has 3 rings (SSSR count). The van der Waals surface area contributed by atoms with Gasteiger partial charge in [-0.15, -0.1) is 0 Å². The van der Waals surface area contributed by atoms with Crippen LogP contribution >= 0.6 is 0 Å². The molecule has 1 aromatic carbocycles. The number of methoxy groups -OCH3 is 2. The Bertz CT molecular complexity index is 945. The molecular formula is C17H21N5O3. The van der Waals surface area contributed by atoms with E-state index in [9.17, 15) is 4.79 Å². The molecule has 2 aromatic heterocycles. The summed E-state index contributed by atoms with van der Waals surface area (Å²) in [6.45, 7) is 4.48. The molecular weight excluding hydrogens is 322 g/mol. The molecule has 0 radical (unpaired) electrons. The normalized spacial score (nSPS) is 11.1. The van der Waals surface area contributed by atoms with E-state index in [1.165, 1.54) is 10.6 Å². The van der Waals surface area contributed by atoms with Crippen molar-refractivity contribution >= 4 is 11.7 Å². The number of rotatable bonds is 6. The van der Waals surface area contributed by atoms with Crippen molar-refractivity contribution in [1.82, 2.24) is 19.6 Å². The van der Waals surface area contributed by atoms with Crippen molar-refractivity contribution in [2.75, 3.05) is 19.5 Å². The first-order valence-corrected chi connectivity index (χ1v) is 7.96. The van der Waals surface area contributed by atoms with Gasteiger partial charge in [0.2, 0.25) is 5.95 Å². The van der Waals surface area contributed by atoms with Crippen LogP contribution in [0.3, 0.4) is 0 Å². The molecule has 132 valence electrons. The van der Waals surface area contributed by atoms with Gasteiger partial charge in [-0.2, -0.15) is 9.50 Å². The molecule has 0 unspecified atom stereocenters. The summed E-state index contributed by atoms with van der Waals surface area (Å²) in [5, 5.41) is 6.07. The molecule has 0 spiro atoms. The Morgan fingerprint density at radius 1 is 1.16 bits per heavy atom. The fourth-order valence-corrected chi connectivity index (χ4v) is 2.45. The molecule has 2 heterocycles. The standard InChI is InChI=1S/C17H21N5O3/c1-10(2)12-8-15(23)22-17(19-12)20-16(21-22)18-9-11-5-6-13(24-3)14(7-11)25-4/h5-8,10H,9H2,1-4H3,(H2,18,19,20,21). The Morgan fingerprint density at radius 2 is 1.92 bits per heavy atom. The summed E-state index contributed by atoms with van der Waals surface area (Å²) in [5.41, 5.74) is 1.53. The first-order valence-electron chi connectivity index (χ1n) is 7.96. The molecule has 3 aromatic rings. The maximum absolute atomic E-state index is 12.1. The lowest BCUT2D eigenvalue weighted by Crippen LogP contribution is -2.16. The van der Waals surface area contributed by atoms with E-state index >= 15 is 0 Å². The Morgan fingerprint density at radius 3 is 2.60 bits per heavy atom. The van der Waals surface area contributed by atoms with Crippen LogP contribution < -0.4 is 20.3 Å². The van der Waals surface area contributed by atoms with Crippen molar-refractivity contribution in [3.8, 4) is 11.5 Å². The number of benzene rings is 1. The second-order valence-electron chi connectivity index (χ2n) is 5.92. The van der Waals surface area contributed by atoms with Crippen molar-refractivity contribution in [1.29, 1.82) is 0 Å². The van der Waals surface area contributed by atoms with Crippen LogP contribution in [0.4, 0.5) is 5.95 Å². The lowest BCUT2D eigenvalue weighted by atomic mass is 10.1. The van der Waals surface area contributed by atoms with E-state index in [0.29, 0.717) is 29.8 Å². The summed E-state index contributed by atoms with van der Waals surface area (Å²) in [5.74, 6) is 2.32. The van der Waals surface area contributed by atoms with E-state index < -0.39 is 0 Å². The summed E-state index contributed by atoms with van der Waals surface area (Å²) in [7, 11) is 3.19. The predicted molar refractivity (Wildman–Crippen MR) is 94.6 cm³/mol. The monoisotopic (exact) mass is 343 g/mol. The third-order valence-corrected chi connectivity index (χ3v) is 3.85. The van der Waals surface area contributed by atoms with E-state index in [4.69, 9.17) is 9.47 Å². The van der Waals surface area contributed by atoms with Gasteiger partial charge in [0.15, 0.2) is 11.5 Å². The number of ether oxygens (including phenoxy) is 2. The molecule has 0 atom stereocenters. The summed E-state index contributed by atoms with van der Waals surface area (Å²) in [4.78, 5) is 20.9. The number of H-pyrrole nitrogens is 1. The molecule has 25 heavy (non-hydrogen) atoms. The van der Waals surface area contributed by atoms with Crippen LogP contribution in [0.5, 0.6) is 11.5 Å². The molecule has 8 heteroatoms. The van der Waals surface area contributed by atoms with Gasteiger partial charge in [0.1, 0.15) is 0 Å². The van der Waals surface area contributed by atoms with Crippen molar-refractivity contribution in [2.45, 2.75) is 26.3 Å². The summed E-state index contributed by atoms with van der Waals surface area (Å²) < 4.78 is 11.8. The van der Waals surface area contributed by atoms with E-state index in [1.807, 2.05) is 32.0 Å². The first kappa shape index (κ1) is 16.8. The zero-order valence-corrected chi connectivity index (χ0v) is 14.7. The lowest BCUT2D eigenvalue weighted by molar-refractivity contribution is 0.354. The average Bonchev–Trinajstić information content (AvgIpc) is 3.03. The number of anilines is 1. The summed E-state index contributed by atoms with van der Waals surface area (Å²) in [6.07, 6.45) is 0. The minimum Gasteiger partial charge on any atom is -0.493 e. The largest absolute Gasteiger partial charge is 0.493 e. The predicted octanol–water partition coefficient (Wildman–Crippen LogP) is 2.17. The SMILES string of the molecule is COc1ccc(CNc2nc3nc(C(C)C)cc(=O)n3[nH]2)cc1OC. The van der Waals surface area contributed by atoms with E-state index in [2.05, 4.69) is 20.4 Å². The second kappa shape index (κ2) is 6.84. The number of nitrogens with zero attached hydrogens (tertiary/aromatic N) is 3. The molecule has 0 aliphatic carbocycles. The van der Waals surface area contributed by atoms with E-state index in [1.54, 1.807) is 14.2 Å². The van der Waals surface area contributed by atoms with Gasteiger partial charge in [-0.05, 0) is 23.6 Å². The zero-order chi connectivity index (χ0) is 18.0. The number of aromatic amines is 1. The van der Waals surface area contributed by atoms with Gasteiger partial charge in [0, 0.05) is 12.6 Å². The third kappa shape index (κ3) is 3.42. The Kier molecular flexibility index (Phi) is 4.60. The van der Waals surface area contributed by atoms with Crippen molar-refractivity contribution in [2.24, 2.45) is 0 Å². The maximum Gasteiger partial charge on any atom is 0.274 e. The number of hydrogen-bond donors (Lipinski definition) is 2. The number of fused-ring (bicyclic) bond motifs is 1. The molecule has 0 saturated carbocycles.